The van der Waals surface area contributed by atoms with Crippen LogP contribution in [0.2, 0.25) is 0 Å². The van der Waals surface area contributed by atoms with E-state index in [2.05, 4.69) is 9.69 Å². The molecule has 2 aliphatic rings. The molecule has 0 atom stereocenters. The number of thioether (sulfide) groups is 4. The summed E-state index contributed by atoms with van der Waals surface area (Å²) in [6.45, 7) is 14.3. The van der Waals surface area contributed by atoms with Crippen LogP contribution in [0, 0.1) is 35.8 Å². The van der Waals surface area contributed by atoms with Crippen LogP contribution in [0.15, 0.2) is 39.5 Å². The Morgan fingerprint density at radius 2 is 1.19 bits per heavy atom. The van der Waals surface area contributed by atoms with Crippen molar-refractivity contribution in [1.29, 1.82) is 10.5 Å². The number of nitriles is 2. The molecule has 0 saturated carbocycles. The van der Waals surface area contributed by atoms with Crippen LogP contribution in [-0.4, -0.2) is 14.2 Å². The Labute approximate surface area is 166 Å². The molecule has 0 bridgehead atoms. The van der Waals surface area contributed by atoms with Crippen LogP contribution in [0.1, 0.15) is 0 Å². The predicted molar refractivity (Wildman–Crippen MR) is 101 cm³/mol. The van der Waals surface area contributed by atoms with Gasteiger partial charge < -0.3 is 9.47 Å². The van der Waals surface area contributed by atoms with E-state index in [1.54, 1.807) is 14.2 Å². The number of benzene rings is 1. The zero-order valence-corrected chi connectivity index (χ0v) is 16.5. The third kappa shape index (κ3) is 2.78. The molecule has 0 spiro atoms. The highest BCUT2D eigenvalue weighted by atomic mass is 32.2. The van der Waals surface area contributed by atoms with Gasteiger partial charge in [0.2, 0.25) is 0 Å². The Kier molecular flexibility index (Phi) is 5.32. The molecular formula is C16H6N4O2S4. The van der Waals surface area contributed by atoms with Gasteiger partial charge in [-0.1, -0.05) is 47.0 Å². The average molecular weight is 415 g/mol. The Balaban J connectivity index is 2.24. The van der Waals surface area contributed by atoms with Crippen LogP contribution in [0.5, 0.6) is 11.5 Å². The molecule has 0 N–H and O–H groups in total. The number of nitrogens with zero attached hydrogens (tertiary/aromatic N) is 4. The number of hydrogen-bond donors (Lipinski definition) is 0. The molecule has 126 valence electrons. The summed E-state index contributed by atoms with van der Waals surface area (Å²) in [5.74, 6) is 1.21. The molecule has 2 heterocycles. The summed E-state index contributed by atoms with van der Waals surface area (Å²) >= 11 is 5.19. The fourth-order valence-corrected chi connectivity index (χ4v) is 7.51. The predicted octanol–water partition coefficient (Wildman–Crippen LogP) is 5.32. The molecule has 0 unspecified atom stereocenters. The molecule has 0 radical (unpaired) electrons. The van der Waals surface area contributed by atoms with Crippen molar-refractivity contribution < 1.29 is 9.47 Å². The van der Waals surface area contributed by atoms with Gasteiger partial charge in [-0.15, -0.1) is 0 Å². The SMILES string of the molecule is [C-]#[N+]C([N+]#[C-])=C1Sc2c(OC)c3c(c(OC)c2S1)SC(=C(C#N)C#N)S3. The second-order valence-electron chi connectivity index (χ2n) is 4.51. The van der Waals surface area contributed by atoms with Crippen molar-refractivity contribution >= 4 is 47.0 Å². The highest BCUT2D eigenvalue weighted by molar-refractivity contribution is 8.25. The van der Waals surface area contributed by atoms with Gasteiger partial charge in [-0.05, 0) is 0 Å². The zero-order chi connectivity index (χ0) is 18.8. The molecule has 10 heteroatoms. The first-order valence-electron chi connectivity index (χ1n) is 6.70. The quantitative estimate of drug-likeness (QED) is 0.475. The summed E-state index contributed by atoms with van der Waals surface area (Å²) in [4.78, 5) is 9.66. The van der Waals surface area contributed by atoms with E-state index in [1.165, 1.54) is 47.0 Å². The van der Waals surface area contributed by atoms with Gasteiger partial charge >= 0.3 is 5.82 Å². The van der Waals surface area contributed by atoms with Gasteiger partial charge in [0.05, 0.1) is 38.0 Å². The maximum atomic E-state index is 9.14. The molecule has 0 saturated heterocycles. The largest absolute Gasteiger partial charge is 0.540 e. The Bertz CT molecular complexity index is 906. The molecule has 1 aromatic rings. The average Bonchev–Trinajstić information content (AvgIpc) is 3.26. The second kappa shape index (κ2) is 7.50. The Morgan fingerprint density at radius 1 is 0.808 bits per heavy atom. The lowest BCUT2D eigenvalue weighted by Gasteiger charge is -2.14. The molecular weight excluding hydrogens is 408 g/mol. The van der Waals surface area contributed by atoms with E-state index < -0.39 is 0 Å². The van der Waals surface area contributed by atoms with Gasteiger partial charge in [-0.2, -0.15) is 20.2 Å². The normalized spacial score (nSPS) is 13.6. The van der Waals surface area contributed by atoms with Gasteiger partial charge in [0.25, 0.3) is 0 Å². The minimum Gasteiger partial charge on any atom is -0.494 e. The first kappa shape index (κ1) is 18.5. The van der Waals surface area contributed by atoms with Crippen molar-refractivity contribution in [2.24, 2.45) is 0 Å². The maximum absolute atomic E-state index is 9.14. The molecule has 0 aromatic heterocycles. The van der Waals surface area contributed by atoms with Gasteiger partial charge in [0.15, 0.2) is 0 Å². The highest BCUT2D eigenvalue weighted by Gasteiger charge is 2.39. The number of rotatable bonds is 2. The van der Waals surface area contributed by atoms with Gasteiger partial charge in [0, 0.05) is 0 Å². The van der Waals surface area contributed by atoms with Crippen LogP contribution in [0.4, 0.5) is 0 Å². The minimum atomic E-state index is 0.0117. The lowest BCUT2D eigenvalue weighted by atomic mass is 10.3. The van der Waals surface area contributed by atoms with Gasteiger partial charge in [0.1, 0.15) is 46.6 Å². The smallest absolute Gasteiger partial charge is 0.494 e. The van der Waals surface area contributed by atoms with E-state index >= 15 is 0 Å². The summed E-state index contributed by atoms with van der Waals surface area (Å²) < 4.78 is 12.4. The third-order valence-electron chi connectivity index (χ3n) is 3.25. The van der Waals surface area contributed by atoms with E-state index in [0.29, 0.717) is 20.0 Å². The number of hydrogen-bond acceptors (Lipinski definition) is 8. The van der Waals surface area contributed by atoms with Crippen LogP contribution < -0.4 is 9.47 Å². The van der Waals surface area contributed by atoms with Crippen LogP contribution in [0.25, 0.3) is 9.69 Å². The monoisotopic (exact) mass is 414 g/mol. The highest BCUT2D eigenvalue weighted by Crippen LogP contribution is 2.68. The summed E-state index contributed by atoms with van der Waals surface area (Å²) in [7, 11) is 3.09. The van der Waals surface area contributed by atoms with Crippen molar-refractivity contribution in [3.63, 3.8) is 0 Å². The minimum absolute atomic E-state index is 0.0117. The topological polar surface area (TPSA) is 74.8 Å². The second-order valence-corrected chi connectivity index (χ2v) is 9.11. The summed E-state index contributed by atoms with van der Waals surface area (Å²) in [6, 6.07) is 3.82. The van der Waals surface area contributed by atoms with E-state index in [-0.39, 0.29) is 11.4 Å². The van der Waals surface area contributed by atoms with Crippen LogP contribution in [0.3, 0.4) is 0 Å². The fraction of sp³-hybridized carbons (Fsp3) is 0.125. The Morgan fingerprint density at radius 3 is 1.50 bits per heavy atom. The lowest BCUT2D eigenvalue weighted by Crippen LogP contribution is -1.94. The van der Waals surface area contributed by atoms with Crippen molar-refractivity contribution in [2.75, 3.05) is 14.2 Å². The van der Waals surface area contributed by atoms with E-state index in [1.807, 2.05) is 12.1 Å². The van der Waals surface area contributed by atoms with E-state index in [9.17, 15) is 0 Å². The summed E-state index contributed by atoms with van der Waals surface area (Å²) in [5, 5.41) is 18.3. The van der Waals surface area contributed by atoms with Crippen molar-refractivity contribution in [1.82, 2.24) is 0 Å². The Hall–Kier alpha value is -2.34. The number of allylic oxidation sites excluding steroid dienone is 1. The van der Waals surface area contributed by atoms with Crippen molar-refractivity contribution in [3.05, 3.63) is 42.7 Å². The molecule has 3 rings (SSSR count). The molecule has 0 aliphatic carbocycles. The zero-order valence-electron chi connectivity index (χ0n) is 13.2. The first-order chi connectivity index (χ1) is 12.6. The number of fused-ring (bicyclic) bond motifs is 2. The van der Waals surface area contributed by atoms with Crippen molar-refractivity contribution in [3.8, 4) is 23.6 Å². The van der Waals surface area contributed by atoms with E-state index in [0.717, 1.165) is 19.6 Å². The molecule has 1 aromatic carbocycles. The lowest BCUT2D eigenvalue weighted by molar-refractivity contribution is 0.365. The van der Waals surface area contributed by atoms with Crippen molar-refractivity contribution in [2.45, 2.75) is 19.6 Å². The molecule has 26 heavy (non-hydrogen) atoms. The maximum Gasteiger partial charge on any atom is 0.540 e. The summed E-state index contributed by atoms with van der Waals surface area (Å²) in [6.07, 6.45) is 0. The number of ether oxygens (including phenoxy) is 2. The van der Waals surface area contributed by atoms with Gasteiger partial charge in [-0.25, -0.2) is 0 Å². The van der Waals surface area contributed by atoms with Crippen LogP contribution >= 0.6 is 47.0 Å². The van der Waals surface area contributed by atoms with Gasteiger partial charge in [-0.3, -0.25) is 0 Å². The standard InChI is InChI=1S/C16H6N4O2S4/c1-19-14(20-2)16-25-12-8(21-3)10-11(9(22-4)13(12)26-16)24-15(23-10)7(5-17)6-18/h3-4H3. The third-order valence-corrected chi connectivity index (χ3v) is 8.39. The van der Waals surface area contributed by atoms with Crippen LogP contribution in [-0.2, 0) is 0 Å². The summed E-state index contributed by atoms with van der Waals surface area (Å²) in [5.41, 5.74) is 0.0460. The first-order valence-corrected chi connectivity index (χ1v) is 9.97. The fourth-order valence-electron chi connectivity index (χ4n) is 2.20. The molecule has 0 amide bonds. The molecule has 6 nitrogen and oxygen atoms in total. The molecule has 2 aliphatic heterocycles. The number of methoxy groups -OCH3 is 2. The van der Waals surface area contributed by atoms with E-state index in [4.69, 9.17) is 33.1 Å². The molecule has 0 fully saturated rings.